The molecule has 4 aliphatic rings. The number of thioether (sulfide) groups is 1. The van der Waals surface area contributed by atoms with Gasteiger partial charge in [0.25, 0.3) is 0 Å². The lowest BCUT2D eigenvalue weighted by molar-refractivity contribution is -0.146. The number of nitrogens with zero attached hydrogens (tertiary/aromatic N) is 4. The van der Waals surface area contributed by atoms with Crippen molar-refractivity contribution in [1.82, 2.24) is 14.7 Å². The highest BCUT2D eigenvalue weighted by atomic mass is 32.2. The first-order valence-electron chi connectivity index (χ1n) is 16.0. The average molecular weight is 625 g/mol. The number of carbonyl (C=O) groups is 3. The van der Waals surface area contributed by atoms with Crippen LogP contribution in [0.25, 0.3) is 0 Å². The fourth-order valence-electron chi connectivity index (χ4n) is 7.81. The van der Waals surface area contributed by atoms with Crippen LogP contribution in [0.4, 0.5) is 5.69 Å². The molecular formula is C34H48N4O5S. The molecule has 6 atom stereocenters. The zero-order valence-electron chi connectivity index (χ0n) is 26.2. The number of anilines is 1. The summed E-state index contributed by atoms with van der Waals surface area (Å²) in [5.41, 5.74) is 0.766. The van der Waals surface area contributed by atoms with Crippen LogP contribution in [0.2, 0.25) is 0 Å². The molecule has 2 unspecified atom stereocenters. The lowest BCUT2D eigenvalue weighted by atomic mass is 9.70. The molecule has 3 amide bonds. The molecule has 0 aliphatic carbocycles. The van der Waals surface area contributed by atoms with Gasteiger partial charge in [-0.3, -0.25) is 19.3 Å². The van der Waals surface area contributed by atoms with Crippen molar-refractivity contribution >= 4 is 35.2 Å². The number of fused-ring (bicyclic) bond motifs is 1. The van der Waals surface area contributed by atoms with Crippen LogP contribution < -0.4 is 4.90 Å². The molecule has 9 nitrogen and oxygen atoms in total. The van der Waals surface area contributed by atoms with Crippen molar-refractivity contribution in [3.63, 3.8) is 0 Å². The van der Waals surface area contributed by atoms with Crippen LogP contribution in [0.15, 0.2) is 55.6 Å². The van der Waals surface area contributed by atoms with Gasteiger partial charge in [-0.25, -0.2) is 0 Å². The Kier molecular flexibility index (Phi) is 10.6. The number of para-hydroxylation sites is 1. The van der Waals surface area contributed by atoms with Gasteiger partial charge in [-0.1, -0.05) is 44.2 Å². The number of aliphatic hydroxyl groups is 1. The molecule has 0 saturated carbocycles. The molecule has 4 aliphatic heterocycles. The van der Waals surface area contributed by atoms with Gasteiger partial charge in [-0.05, 0) is 37.3 Å². The second-order valence-corrected chi connectivity index (χ2v) is 14.5. The van der Waals surface area contributed by atoms with Gasteiger partial charge >= 0.3 is 0 Å². The van der Waals surface area contributed by atoms with Crippen LogP contribution in [0, 0.1) is 17.8 Å². The molecule has 0 aromatic heterocycles. The first-order valence-corrected chi connectivity index (χ1v) is 16.9. The number of amides is 3. The van der Waals surface area contributed by atoms with Gasteiger partial charge in [-0.2, -0.15) is 0 Å². The largest absolute Gasteiger partial charge is 0.394 e. The number of hydrogen-bond donors (Lipinski definition) is 1. The zero-order valence-corrected chi connectivity index (χ0v) is 27.0. The highest BCUT2D eigenvalue weighted by molar-refractivity contribution is 8.02. The highest BCUT2D eigenvalue weighted by Gasteiger charge is 2.74. The van der Waals surface area contributed by atoms with Crippen molar-refractivity contribution in [3.05, 3.63) is 55.6 Å². The summed E-state index contributed by atoms with van der Waals surface area (Å²) in [4.78, 5) is 51.4. The molecule has 4 heterocycles. The summed E-state index contributed by atoms with van der Waals surface area (Å²) in [5.74, 6) is -1.35. The standard InChI is InChI=1S/C34H48N4O5S/c1-5-14-36(17-16-35-18-20-43-21-19-35)33(42)30-34-13-12-27(44-34)28(29(34)32(41)38(30)26(23-39)22-24(3)4)31(40)37(15-6-2)25-10-8-7-9-11-25/h5-11,24,26-30,39H,1-2,12-23H2,3-4H3/t26-,27-,28+,29+,30?,34?/m1/s1. The van der Waals surface area contributed by atoms with E-state index in [0.717, 1.165) is 25.2 Å². The van der Waals surface area contributed by atoms with E-state index >= 15 is 0 Å². The predicted molar refractivity (Wildman–Crippen MR) is 174 cm³/mol. The first-order chi connectivity index (χ1) is 21.3. The smallest absolute Gasteiger partial charge is 0.247 e. The van der Waals surface area contributed by atoms with E-state index in [2.05, 4.69) is 31.9 Å². The molecular weight excluding hydrogens is 576 g/mol. The summed E-state index contributed by atoms with van der Waals surface area (Å²) in [6.45, 7) is 16.6. The van der Waals surface area contributed by atoms with Crippen LogP contribution in [-0.2, 0) is 19.1 Å². The second-order valence-electron chi connectivity index (χ2n) is 12.9. The molecule has 10 heteroatoms. The van der Waals surface area contributed by atoms with E-state index < -0.39 is 28.7 Å². The van der Waals surface area contributed by atoms with Crippen molar-refractivity contribution in [3.8, 4) is 0 Å². The summed E-state index contributed by atoms with van der Waals surface area (Å²) in [7, 11) is 0. The maximum atomic E-state index is 14.8. The molecule has 4 fully saturated rings. The van der Waals surface area contributed by atoms with Gasteiger partial charge in [0, 0.05) is 50.2 Å². The molecule has 4 saturated heterocycles. The molecule has 5 rings (SSSR count). The zero-order chi connectivity index (χ0) is 31.4. The Morgan fingerprint density at radius 2 is 1.84 bits per heavy atom. The monoisotopic (exact) mass is 624 g/mol. The van der Waals surface area contributed by atoms with E-state index in [9.17, 15) is 19.5 Å². The Bertz CT molecular complexity index is 1210. The van der Waals surface area contributed by atoms with Gasteiger partial charge in [0.1, 0.15) is 6.04 Å². The van der Waals surface area contributed by atoms with E-state index in [1.165, 1.54) is 0 Å². The molecule has 0 radical (unpaired) electrons. The maximum Gasteiger partial charge on any atom is 0.247 e. The van der Waals surface area contributed by atoms with Crippen LogP contribution in [-0.4, -0.2) is 119 Å². The third kappa shape index (κ3) is 6.10. The van der Waals surface area contributed by atoms with Gasteiger partial charge in [-0.15, -0.1) is 24.9 Å². The van der Waals surface area contributed by atoms with Gasteiger partial charge < -0.3 is 24.5 Å². The van der Waals surface area contributed by atoms with Crippen molar-refractivity contribution in [2.24, 2.45) is 17.8 Å². The maximum absolute atomic E-state index is 14.8. The Morgan fingerprint density at radius 1 is 1.14 bits per heavy atom. The third-order valence-corrected chi connectivity index (χ3v) is 11.7. The number of morpholine rings is 1. The van der Waals surface area contributed by atoms with Gasteiger partial charge in [0.2, 0.25) is 17.7 Å². The summed E-state index contributed by atoms with van der Waals surface area (Å²) in [6.07, 6.45) is 5.48. The van der Waals surface area contributed by atoms with Crippen molar-refractivity contribution in [2.75, 3.05) is 64.0 Å². The Morgan fingerprint density at radius 3 is 2.48 bits per heavy atom. The normalized spacial score (nSPS) is 28.6. The fraction of sp³-hybridized carbons (Fsp3) is 0.618. The Balaban J connectivity index is 1.51. The molecule has 44 heavy (non-hydrogen) atoms. The van der Waals surface area contributed by atoms with Crippen LogP contribution in [0.5, 0.6) is 0 Å². The molecule has 2 bridgehead atoms. The third-order valence-electron chi connectivity index (χ3n) is 9.70. The van der Waals surface area contributed by atoms with Crippen LogP contribution in [0.1, 0.15) is 33.1 Å². The Hall–Kier alpha value is -2.66. The van der Waals surface area contributed by atoms with E-state index in [-0.39, 0.29) is 35.5 Å². The molecule has 1 N–H and O–H groups in total. The van der Waals surface area contributed by atoms with E-state index in [4.69, 9.17) is 4.74 Å². The summed E-state index contributed by atoms with van der Waals surface area (Å²) in [6, 6.07) is 8.26. The van der Waals surface area contributed by atoms with Gasteiger partial charge in [0.05, 0.1) is 42.4 Å². The molecule has 1 spiro atoms. The lowest BCUT2D eigenvalue weighted by Crippen LogP contribution is -2.58. The first kappa shape index (κ1) is 32.7. The number of benzene rings is 1. The number of aliphatic hydroxyl groups excluding tert-OH is 1. The molecule has 240 valence electrons. The van der Waals surface area contributed by atoms with E-state index in [1.54, 1.807) is 33.7 Å². The number of hydrogen-bond acceptors (Lipinski definition) is 7. The lowest BCUT2D eigenvalue weighted by Gasteiger charge is -2.40. The minimum absolute atomic E-state index is 0.0520. The minimum Gasteiger partial charge on any atom is -0.394 e. The second kappa shape index (κ2) is 14.2. The molecule has 1 aromatic carbocycles. The number of likely N-dealkylation sites (tertiary alicyclic amines) is 1. The highest BCUT2D eigenvalue weighted by Crippen LogP contribution is 2.67. The van der Waals surface area contributed by atoms with Crippen molar-refractivity contribution < 1.29 is 24.2 Å². The fourth-order valence-corrected chi connectivity index (χ4v) is 10.0. The summed E-state index contributed by atoms with van der Waals surface area (Å²) < 4.78 is 4.78. The SMILES string of the molecule is C=CCN(CCN1CCOCC1)C(=O)C1N([C@@H](CO)CC(C)C)C(=O)[C@@H]2[C@@H](C(=O)N(CC=C)c3ccccc3)[C@H]3CCC12S3. The number of carbonyl (C=O) groups excluding carboxylic acids is 3. The summed E-state index contributed by atoms with van der Waals surface area (Å²) >= 11 is 1.67. The van der Waals surface area contributed by atoms with E-state index in [1.807, 2.05) is 35.2 Å². The van der Waals surface area contributed by atoms with E-state index in [0.29, 0.717) is 52.2 Å². The Labute approximate surface area is 266 Å². The number of ether oxygens (including phenoxy) is 1. The molecule has 1 aromatic rings. The minimum atomic E-state index is -0.752. The quantitative estimate of drug-likeness (QED) is 0.318. The van der Waals surface area contributed by atoms with Crippen LogP contribution >= 0.6 is 11.8 Å². The van der Waals surface area contributed by atoms with Crippen molar-refractivity contribution in [2.45, 2.75) is 55.2 Å². The number of rotatable bonds is 14. The van der Waals surface area contributed by atoms with Gasteiger partial charge in [0.15, 0.2) is 0 Å². The van der Waals surface area contributed by atoms with Crippen LogP contribution in [0.3, 0.4) is 0 Å². The topological polar surface area (TPSA) is 93.6 Å². The average Bonchev–Trinajstić information content (AvgIpc) is 3.68. The summed E-state index contributed by atoms with van der Waals surface area (Å²) in [5, 5.41) is 10.6. The predicted octanol–water partition coefficient (Wildman–Crippen LogP) is 3.05. The van der Waals surface area contributed by atoms with Crippen molar-refractivity contribution in [1.29, 1.82) is 0 Å².